The summed E-state index contributed by atoms with van der Waals surface area (Å²) in [7, 11) is 0. The second kappa shape index (κ2) is 7.38. The van der Waals surface area contributed by atoms with Crippen LogP contribution in [0.15, 0.2) is 63.0 Å². The molecule has 30 heavy (non-hydrogen) atoms. The van der Waals surface area contributed by atoms with Crippen molar-refractivity contribution in [1.82, 2.24) is 14.8 Å². The Morgan fingerprint density at radius 1 is 1.10 bits per heavy atom. The maximum atomic E-state index is 12.7. The number of amides is 1. The second-order valence-corrected chi connectivity index (χ2v) is 9.43. The van der Waals surface area contributed by atoms with E-state index in [2.05, 4.69) is 36.1 Å². The van der Waals surface area contributed by atoms with Gasteiger partial charge in [-0.05, 0) is 37.3 Å². The standard InChI is InChI=1S/C20H12BrN5O2S2/c1-10-24-25-19(29-10)23-20-26(12-5-3-2-4-6-12)18(28)16(30-20)15-13-9-11(21)7-8-14(13)22-17(15)27/h2-9,28H,1H3/b23-20+. The number of carbonyl (C=O) groups is 1. The second-order valence-electron chi connectivity index (χ2n) is 6.38. The van der Waals surface area contributed by atoms with Crippen molar-refractivity contribution in [2.75, 3.05) is 0 Å². The molecule has 1 N–H and O–H groups in total. The monoisotopic (exact) mass is 497 g/mol. The molecule has 4 aromatic rings. The van der Waals surface area contributed by atoms with E-state index in [1.54, 1.807) is 10.6 Å². The van der Waals surface area contributed by atoms with Crippen molar-refractivity contribution in [3.05, 3.63) is 78.3 Å². The van der Waals surface area contributed by atoms with Crippen molar-refractivity contribution in [2.24, 2.45) is 9.98 Å². The van der Waals surface area contributed by atoms with Crippen molar-refractivity contribution < 1.29 is 9.90 Å². The van der Waals surface area contributed by atoms with E-state index in [0.717, 1.165) is 15.2 Å². The minimum Gasteiger partial charge on any atom is -0.493 e. The number of aromatic nitrogens is 3. The number of para-hydroxylation sites is 1. The first kappa shape index (κ1) is 19.0. The Kier molecular flexibility index (Phi) is 4.69. The van der Waals surface area contributed by atoms with E-state index in [4.69, 9.17) is 0 Å². The van der Waals surface area contributed by atoms with Gasteiger partial charge in [-0.2, -0.15) is 4.99 Å². The molecule has 148 valence electrons. The van der Waals surface area contributed by atoms with Gasteiger partial charge in [-0.25, -0.2) is 4.99 Å². The molecule has 1 amide bonds. The predicted molar refractivity (Wildman–Crippen MR) is 118 cm³/mol. The number of carbonyl (C=O) groups excluding carboxylic acids is 1. The molecule has 2 aromatic heterocycles. The molecule has 0 unspecified atom stereocenters. The fourth-order valence-electron chi connectivity index (χ4n) is 3.14. The van der Waals surface area contributed by atoms with Crippen LogP contribution in [0.1, 0.15) is 9.88 Å². The number of aromatic hydroxyl groups is 1. The molecule has 2 aromatic carbocycles. The van der Waals surface area contributed by atoms with E-state index in [1.807, 2.05) is 49.4 Å². The lowest BCUT2D eigenvalue weighted by Gasteiger charge is -2.05. The van der Waals surface area contributed by atoms with Crippen molar-refractivity contribution in [1.29, 1.82) is 0 Å². The van der Waals surface area contributed by atoms with Crippen LogP contribution >= 0.6 is 38.6 Å². The Bertz CT molecular complexity index is 1500. The maximum Gasteiger partial charge on any atom is 0.279 e. The molecule has 5 rings (SSSR count). The molecule has 7 nitrogen and oxygen atoms in total. The van der Waals surface area contributed by atoms with E-state index in [0.29, 0.717) is 31.0 Å². The lowest BCUT2D eigenvalue weighted by molar-refractivity contribution is -0.112. The SMILES string of the molecule is Cc1nnc(/N=c2/sc(C3=c4cc(Br)ccc4=NC3=O)c(O)n2-c2ccccc2)s1. The third-order valence-electron chi connectivity index (χ3n) is 4.41. The van der Waals surface area contributed by atoms with Gasteiger partial charge in [0.1, 0.15) is 9.88 Å². The third-order valence-corrected chi connectivity index (χ3v) is 6.68. The molecule has 3 heterocycles. The van der Waals surface area contributed by atoms with Gasteiger partial charge in [0, 0.05) is 9.69 Å². The summed E-state index contributed by atoms with van der Waals surface area (Å²) in [6.45, 7) is 1.85. The molecule has 0 saturated heterocycles. The van der Waals surface area contributed by atoms with Gasteiger partial charge in [0.15, 0.2) is 4.80 Å². The van der Waals surface area contributed by atoms with Crippen LogP contribution in [0.5, 0.6) is 5.88 Å². The summed E-state index contributed by atoms with van der Waals surface area (Å²) < 4.78 is 2.43. The normalized spacial score (nSPS) is 13.6. The van der Waals surface area contributed by atoms with Crippen molar-refractivity contribution >= 4 is 55.2 Å². The van der Waals surface area contributed by atoms with Gasteiger partial charge in [0.05, 0.1) is 16.6 Å². The number of hydrogen-bond acceptors (Lipinski definition) is 7. The van der Waals surface area contributed by atoms with E-state index in [9.17, 15) is 9.90 Å². The molecular weight excluding hydrogens is 486 g/mol. The molecule has 0 atom stereocenters. The van der Waals surface area contributed by atoms with E-state index < -0.39 is 5.91 Å². The summed E-state index contributed by atoms with van der Waals surface area (Å²) in [4.78, 5) is 22.3. The van der Waals surface area contributed by atoms with Crippen LogP contribution in [0, 0.1) is 6.92 Å². The lowest BCUT2D eigenvalue weighted by Crippen LogP contribution is -2.22. The lowest BCUT2D eigenvalue weighted by atomic mass is 10.1. The average Bonchev–Trinajstić information content (AvgIpc) is 3.37. The van der Waals surface area contributed by atoms with Crippen LogP contribution in [0.3, 0.4) is 0 Å². The molecule has 0 aliphatic carbocycles. The summed E-state index contributed by atoms with van der Waals surface area (Å²) in [6.07, 6.45) is 0. The Balaban J connectivity index is 1.84. The fourth-order valence-corrected chi connectivity index (χ4v) is 5.20. The van der Waals surface area contributed by atoms with E-state index >= 15 is 0 Å². The number of aryl methyl sites for hydroxylation is 1. The topological polar surface area (TPSA) is 92.7 Å². The molecule has 0 saturated carbocycles. The first-order chi connectivity index (χ1) is 14.5. The first-order valence-electron chi connectivity index (χ1n) is 8.79. The van der Waals surface area contributed by atoms with Crippen LogP contribution in [0.25, 0.3) is 11.3 Å². The molecule has 1 aliphatic heterocycles. The summed E-state index contributed by atoms with van der Waals surface area (Å²) in [6, 6.07) is 14.8. The van der Waals surface area contributed by atoms with Gasteiger partial charge in [-0.3, -0.25) is 9.36 Å². The van der Waals surface area contributed by atoms with E-state index in [-0.39, 0.29) is 5.88 Å². The zero-order valence-corrected chi connectivity index (χ0v) is 18.6. The third kappa shape index (κ3) is 3.22. The number of thiazole rings is 1. The number of halogens is 1. The van der Waals surface area contributed by atoms with Crippen LogP contribution in [-0.4, -0.2) is 25.8 Å². The highest BCUT2D eigenvalue weighted by atomic mass is 79.9. The van der Waals surface area contributed by atoms with Gasteiger partial charge < -0.3 is 5.11 Å². The number of nitrogens with zero attached hydrogens (tertiary/aromatic N) is 5. The van der Waals surface area contributed by atoms with Gasteiger partial charge in [0.25, 0.3) is 5.91 Å². The van der Waals surface area contributed by atoms with Gasteiger partial charge in [-0.1, -0.05) is 56.8 Å². The molecule has 10 heteroatoms. The summed E-state index contributed by atoms with van der Waals surface area (Å²) in [5.41, 5.74) is 1.07. The van der Waals surface area contributed by atoms with Crippen LogP contribution in [0.2, 0.25) is 0 Å². The fraction of sp³-hybridized carbons (Fsp3) is 0.0500. The van der Waals surface area contributed by atoms with Crippen molar-refractivity contribution in [3.63, 3.8) is 0 Å². The van der Waals surface area contributed by atoms with E-state index in [1.165, 1.54) is 22.7 Å². The smallest absolute Gasteiger partial charge is 0.279 e. The molecule has 0 bridgehead atoms. The molecule has 0 fully saturated rings. The van der Waals surface area contributed by atoms with Gasteiger partial charge in [0.2, 0.25) is 11.0 Å². The average molecular weight is 498 g/mol. The number of hydrogen-bond donors (Lipinski definition) is 1. The maximum absolute atomic E-state index is 12.7. The zero-order valence-electron chi connectivity index (χ0n) is 15.4. The Morgan fingerprint density at radius 2 is 1.90 bits per heavy atom. The minimum atomic E-state index is -0.391. The highest BCUT2D eigenvalue weighted by molar-refractivity contribution is 9.10. The summed E-state index contributed by atoms with van der Waals surface area (Å²) in [5.74, 6) is -0.462. The highest BCUT2D eigenvalue weighted by Crippen LogP contribution is 2.31. The summed E-state index contributed by atoms with van der Waals surface area (Å²) in [5, 5.41) is 21.7. The predicted octanol–water partition coefficient (Wildman–Crippen LogP) is 2.76. The minimum absolute atomic E-state index is 0.0717. The van der Waals surface area contributed by atoms with Crippen molar-refractivity contribution in [2.45, 2.75) is 6.92 Å². The highest BCUT2D eigenvalue weighted by Gasteiger charge is 2.26. The molecular formula is C20H12BrN5O2S2. The largest absolute Gasteiger partial charge is 0.493 e. The Labute approximate surface area is 186 Å². The summed E-state index contributed by atoms with van der Waals surface area (Å²) >= 11 is 6.00. The molecule has 0 spiro atoms. The molecule has 1 aliphatic rings. The van der Waals surface area contributed by atoms with Crippen LogP contribution in [0.4, 0.5) is 5.13 Å². The number of benzene rings is 2. The van der Waals surface area contributed by atoms with Crippen molar-refractivity contribution in [3.8, 4) is 11.6 Å². The zero-order chi connectivity index (χ0) is 20.8. The Hall–Kier alpha value is -2.95. The molecule has 0 radical (unpaired) electrons. The van der Waals surface area contributed by atoms with Crippen LogP contribution in [-0.2, 0) is 4.79 Å². The van der Waals surface area contributed by atoms with Gasteiger partial charge in [-0.15, -0.1) is 10.2 Å². The number of rotatable bonds is 3. The van der Waals surface area contributed by atoms with Crippen LogP contribution < -0.4 is 15.4 Å². The first-order valence-corrected chi connectivity index (χ1v) is 11.2. The van der Waals surface area contributed by atoms with Gasteiger partial charge >= 0.3 is 0 Å². The quantitative estimate of drug-likeness (QED) is 0.470. The Morgan fingerprint density at radius 3 is 2.63 bits per heavy atom. The number of fused-ring (bicyclic) bond motifs is 1.